The van der Waals surface area contributed by atoms with Gasteiger partial charge in [0.05, 0.1) is 5.69 Å². The number of nitrogens with zero attached hydrogens (tertiary/aromatic N) is 2. The Balaban J connectivity index is 1.55. The summed E-state index contributed by atoms with van der Waals surface area (Å²) in [5.74, 6) is -0.200. The van der Waals surface area contributed by atoms with Crippen LogP contribution in [0, 0.1) is 5.82 Å². The summed E-state index contributed by atoms with van der Waals surface area (Å²) in [4.78, 5) is 8.65. The molecule has 2 aromatic rings. The van der Waals surface area contributed by atoms with Crippen molar-refractivity contribution in [2.75, 3.05) is 19.8 Å². The van der Waals surface area contributed by atoms with Crippen LogP contribution in [0.15, 0.2) is 24.3 Å². The third kappa shape index (κ3) is 2.81. The van der Waals surface area contributed by atoms with Gasteiger partial charge in [-0.05, 0) is 25.0 Å². The smallest absolute Gasteiger partial charge is 0.124 e. The first-order valence-corrected chi connectivity index (χ1v) is 8.67. The molecule has 1 aromatic carbocycles. The van der Waals surface area contributed by atoms with Gasteiger partial charge in [-0.15, -0.1) is 11.3 Å². The van der Waals surface area contributed by atoms with Gasteiger partial charge in [0.25, 0.3) is 0 Å². The van der Waals surface area contributed by atoms with E-state index in [0.717, 1.165) is 56.1 Å². The normalized spacial score (nSPS) is 20.0. The Morgan fingerprint density at radius 2 is 2.14 bits per heavy atom. The number of thiazole rings is 1. The third-order valence-corrected chi connectivity index (χ3v) is 5.67. The minimum absolute atomic E-state index is 0.200. The Hall–Kier alpha value is -1.30. The molecule has 2 aliphatic rings. The lowest BCUT2D eigenvalue weighted by Crippen LogP contribution is -2.42. The number of benzene rings is 1. The van der Waals surface area contributed by atoms with Crippen LogP contribution in [0.5, 0.6) is 0 Å². The van der Waals surface area contributed by atoms with Gasteiger partial charge in [0.2, 0.25) is 0 Å². The molecule has 0 unspecified atom stereocenters. The van der Waals surface area contributed by atoms with Crippen molar-refractivity contribution in [3.05, 3.63) is 40.7 Å². The van der Waals surface area contributed by atoms with Gasteiger partial charge in [-0.1, -0.05) is 12.1 Å². The second kappa shape index (κ2) is 6.07. The van der Waals surface area contributed by atoms with Crippen molar-refractivity contribution in [1.29, 1.82) is 0 Å². The SMILES string of the molecule is Fc1cccc(-c2nc3c(s2)CN(C2CCOCC2)CC3)c1. The van der Waals surface area contributed by atoms with Crippen LogP contribution in [0.3, 0.4) is 0 Å². The number of aromatic nitrogens is 1. The summed E-state index contributed by atoms with van der Waals surface area (Å²) in [6, 6.07) is 7.37. The highest BCUT2D eigenvalue weighted by atomic mass is 32.1. The van der Waals surface area contributed by atoms with E-state index in [1.54, 1.807) is 23.5 Å². The predicted octanol–water partition coefficient (Wildman–Crippen LogP) is 3.49. The van der Waals surface area contributed by atoms with Crippen molar-refractivity contribution in [1.82, 2.24) is 9.88 Å². The van der Waals surface area contributed by atoms with E-state index in [1.165, 1.54) is 16.6 Å². The van der Waals surface area contributed by atoms with Crippen molar-refractivity contribution in [2.45, 2.75) is 31.8 Å². The maximum atomic E-state index is 13.4. The highest BCUT2D eigenvalue weighted by Gasteiger charge is 2.27. The van der Waals surface area contributed by atoms with Crippen LogP contribution in [-0.4, -0.2) is 35.7 Å². The van der Waals surface area contributed by atoms with Crippen molar-refractivity contribution in [3.63, 3.8) is 0 Å². The molecule has 1 saturated heterocycles. The van der Waals surface area contributed by atoms with Crippen LogP contribution in [0.2, 0.25) is 0 Å². The fourth-order valence-corrected chi connectivity index (χ4v) is 4.45. The molecule has 0 atom stereocenters. The fourth-order valence-electron chi connectivity index (χ4n) is 3.32. The van der Waals surface area contributed by atoms with Gasteiger partial charge in [0.1, 0.15) is 10.8 Å². The molecule has 0 radical (unpaired) electrons. The Morgan fingerprint density at radius 1 is 1.27 bits per heavy atom. The van der Waals surface area contributed by atoms with Gasteiger partial charge in [-0.25, -0.2) is 9.37 Å². The lowest BCUT2D eigenvalue weighted by Gasteiger charge is -2.36. The highest BCUT2D eigenvalue weighted by Crippen LogP contribution is 2.33. The molecule has 1 fully saturated rings. The largest absolute Gasteiger partial charge is 0.381 e. The van der Waals surface area contributed by atoms with Crippen LogP contribution in [0.4, 0.5) is 4.39 Å². The van der Waals surface area contributed by atoms with E-state index in [-0.39, 0.29) is 5.82 Å². The number of halogens is 1. The number of rotatable bonds is 2. The first-order chi connectivity index (χ1) is 10.8. The molecule has 0 aliphatic carbocycles. The third-order valence-electron chi connectivity index (χ3n) is 4.54. The van der Waals surface area contributed by atoms with Crippen molar-refractivity contribution in [2.24, 2.45) is 0 Å². The van der Waals surface area contributed by atoms with Gasteiger partial charge in [-0.3, -0.25) is 4.90 Å². The van der Waals surface area contributed by atoms with E-state index in [0.29, 0.717) is 6.04 Å². The molecule has 0 saturated carbocycles. The molecule has 4 rings (SSSR count). The van der Waals surface area contributed by atoms with E-state index >= 15 is 0 Å². The maximum absolute atomic E-state index is 13.4. The number of ether oxygens (including phenoxy) is 1. The Bertz CT molecular complexity index is 666. The Labute approximate surface area is 133 Å². The second-order valence-electron chi connectivity index (χ2n) is 5.96. The van der Waals surface area contributed by atoms with Gasteiger partial charge >= 0.3 is 0 Å². The molecule has 22 heavy (non-hydrogen) atoms. The molecule has 2 aliphatic heterocycles. The molecule has 3 heterocycles. The summed E-state index contributed by atoms with van der Waals surface area (Å²) >= 11 is 1.71. The van der Waals surface area contributed by atoms with Gasteiger partial charge in [0, 0.05) is 49.2 Å². The minimum atomic E-state index is -0.200. The average Bonchev–Trinajstić information content (AvgIpc) is 2.99. The predicted molar refractivity (Wildman–Crippen MR) is 85.5 cm³/mol. The first kappa shape index (κ1) is 14.3. The average molecular weight is 318 g/mol. The minimum Gasteiger partial charge on any atom is -0.381 e. The van der Waals surface area contributed by atoms with E-state index in [4.69, 9.17) is 9.72 Å². The van der Waals surface area contributed by atoms with Crippen LogP contribution in [-0.2, 0) is 17.7 Å². The molecule has 3 nitrogen and oxygen atoms in total. The number of hydrogen-bond donors (Lipinski definition) is 0. The summed E-state index contributed by atoms with van der Waals surface area (Å²) in [7, 11) is 0. The van der Waals surface area contributed by atoms with E-state index < -0.39 is 0 Å². The van der Waals surface area contributed by atoms with Crippen molar-refractivity contribution < 1.29 is 9.13 Å². The monoisotopic (exact) mass is 318 g/mol. The molecule has 5 heteroatoms. The van der Waals surface area contributed by atoms with Crippen LogP contribution in [0.25, 0.3) is 10.6 Å². The van der Waals surface area contributed by atoms with Gasteiger partial charge in [-0.2, -0.15) is 0 Å². The van der Waals surface area contributed by atoms with Crippen LogP contribution in [0.1, 0.15) is 23.4 Å². The van der Waals surface area contributed by atoms with E-state index in [1.807, 2.05) is 6.07 Å². The molecular formula is C17H19FN2OS. The summed E-state index contributed by atoms with van der Waals surface area (Å²) in [6.45, 7) is 3.81. The quantitative estimate of drug-likeness (QED) is 0.847. The van der Waals surface area contributed by atoms with E-state index in [9.17, 15) is 4.39 Å². The topological polar surface area (TPSA) is 25.4 Å². The molecule has 0 amide bonds. The Kier molecular flexibility index (Phi) is 3.94. The molecule has 0 bridgehead atoms. The Morgan fingerprint density at radius 3 is 2.95 bits per heavy atom. The zero-order valence-electron chi connectivity index (χ0n) is 12.4. The summed E-state index contributed by atoms with van der Waals surface area (Å²) < 4.78 is 18.9. The first-order valence-electron chi connectivity index (χ1n) is 7.86. The molecule has 1 aromatic heterocycles. The van der Waals surface area contributed by atoms with Crippen molar-refractivity contribution >= 4 is 11.3 Å². The maximum Gasteiger partial charge on any atom is 0.124 e. The summed E-state index contributed by atoms with van der Waals surface area (Å²) in [6.07, 6.45) is 3.26. The number of hydrogen-bond acceptors (Lipinski definition) is 4. The zero-order valence-corrected chi connectivity index (χ0v) is 13.2. The summed E-state index contributed by atoms with van der Waals surface area (Å²) in [5.41, 5.74) is 2.09. The van der Waals surface area contributed by atoms with E-state index in [2.05, 4.69) is 4.90 Å². The second-order valence-corrected chi connectivity index (χ2v) is 7.05. The molecule has 116 valence electrons. The lowest BCUT2D eigenvalue weighted by molar-refractivity contribution is 0.0293. The highest BCUT2D eigenvalue weighted by molar-refractivity contribution is 7.15. The fraction of sp³-hybridized carbons (Fsp3) is 0.471. The standard InChI is InChI=1S/C17H19FN2OS/c18-13-3-1-2-12(10-13)17-19-15-4-7-20(11-16(15)22-17)14-5-8-21-9-6-14/h1-3,10,14H,4-9,11H2. The lowest BCUT2D eigenvalue weighted by atomic mass is 10.0. The van der Waals surface area contributed by atoms with Crippen LogP contribution >= 0.6 is 11.3 Å². The van der Waals surface area contributed by atoms with Gasteiger partial charge in [0.15, 0.2) is 0 Å². The summed E-state index contributed by atoms with van der Waals surface area (Å²) in [5, 5.41) is 0.943. The van der Waals surface area contributed by atoms with Crippen LogP contribution < -0.4 is 0 Å². The molecule has 0 spiro atoms. The molecule has 0 N–H and O–H groups in total. The van der Waals surface area contributed by atoms with Gasteiger partial charge < -0.3 is 4.74 Å². The molecular weight excluding hydrogens is 299 g/mol. The zero-order chi connectivity index (χ0) is 14.9. The number of fused-ring (bicyclic) bond motifs is 1. The van der Waals surface area contributed by atoms with Crippen molar-refractivity contribution in [3.8, 4) is 10.6 Å².